The van der Waals surface area contributed by atoms with Gasteiger partial charge in [0.15, 0.2) is 0 Å². The summed E-state index contributed by atoms with van der Waals surface area (Å²) < 4.78 is 5.95. The Morgan fingerprint density at radius 2 is 1.94 bits per heavy atom. The number of nitrogens with two attached hydrogens (primary N) is 1. The monoisotopic (exact) mass is 220 g/mol. The lowest BCUT2D eigenvalue weighted by Crippen LogP contribution is -2.16. The molecular weight excluding hydrogens is 200 g/mol. The van der Waals surface area contributed by atoms with E-state index < -0.39 is 0 Å². The molecule has 2 rings (SSSR count). The lowest BCUT2D eigenvalue weighted by Gasteiger charge is -2.17. The minimum atomic E-state index is 0.345. The number of aryl methyl sites for hydroxylation is 1. The predicted octanol–water partition coefficient (Wildman–Crippen LogP) is 3.07. The highest BCUT2D eigenvalue weighted by atomic mass is 16.5. The maximum absolute atomic E-state index is 5.95. The summed E-state index contributed by atoms with van der Waals surface area (Å²) in [5.74, 6) is 0.751. The third kappa shape index (κ3) is 2.87. The molecule has 88 valence electrons. The molecule has 1 aliphatic rings. The van der Waals surface area contributed by atoms with Gasteiger partial charge >= 0.3 is 0 Å². The van der Waals surface area contributed by atoms with Crippen molar-refractivity contribution in [3.8, 4) is 5.88 Å². The van der Waals surface area contributed by atoms with Gasteiger partial charge in [-0.25, -0.2) is 4.98 Å². The molecular formula is C13H20N2O. The van der Waals surface area contributed by atoms with Crippen LogP contribution in [0.25, 0.3) is 0 Å². The highest BCUT2D eigenvalue weighted by Crippen LogP contribution is 2.24. The lowest BCUT2D eigenvalue weighted by molar-refractivity contribution is 0.175. The summed E-state index contributed by atoms with van der Waals surface area (Å²) in [7, 11) is 0. The summed E-state index contributed by atoms with van der Waals surface area (Å²) in [5, 5.41) is 0. The maximum atomic E-state index is 5.95. The van der Waals surface area contributed by atoms with Crippen LogP contribution in [0.4, 0.5) is 5.69 Å². The third-order valence-electron chi connectivity index (χ3n) is 3.13. The maximum Gasteiger partial charge on any atom is 0.216 e. The van der Waals surface area contributed by atoms with Gasteiger partial charge in [0.25, 0.3) is 0 Å². The van der Waals surface area contributed by atoms with Gasteiger partial charge in [-0.3, -0.25) is 0 Å². The molecule has 3 heteroatoms. The Morgan fingerprint density at radius 3 is 2.56 bits per heavy atom. The lowest BCUT2D eigenvalue weighted by atomic mass is 10.1. The molecule has 0 spiro atoms. The molecule has 0 aliphatic heterocycles. The first-order valence-corrected chi connectivity index (χ1v) is 6.14. The van der Waals surface area contributed by atoms with E-state index in [9.17, 15) is 0 Å². The van der Waals surface area contributed by atoms with Crippen molar-refractivity contribution in [2.24, 2.45) is 0 Å². The van der Waals surface area contributed by atoms with Crippen LogP contribution in [0.2, 0.25) is 0 Å². The summed E-state index contributed by atoms with van der Waals surface area (Å²) in [6.07, 6.45) is 9.56. The summed E-state index contributed by atoms with van der Waals surface area (Å²) in [6.45, 7) is 2.00. The second-order valence-corrected chi connectivity index (χ2v) is 4.62. The average molecular weight is 220 g/mol. The SMILES string of the molecule is Cc1cc(N)cnc1OC1CCCCCC1. The van der Waals surface area contributed by atoms with Gasteiger partial charge in [0.1, 0.15) is 6.10 Å². The smallest absolute Gasteiger partial charge is 0.216 e. The largest absolute Gasteiger partial charge is 0.474 e. The number of hydrogen-bond acceptors (Lipinski definition) is 3. The van der Waals surface area contributed by atoms with Crippen LogP contribution in [-0.4, -0.2) is 11.1 Å². The number of hydrogen-bond donors (Lipinski definition) is 1. The van der Waals surface area contributed by atoms with Crippen LogP contribution in [-0.2, 0) is 0 Å². The Kier molecular flexibility index (Phi) is 3.65. The molecule has 1 aliphatic carbocycles. The molecule has 0 bridgehead atoms. The molecule has 3 nitrogen and oxygen atoms in total. The number of pyridine rings is 1. The fourth-order valence-corrected chi connectivity index (χ4v) is 2.22. The molecule has 0 atom stereocenters. The molecule has 1 aromatic rings. The number of rotatable bonds is 2. The quantitative estimate of drug-likeness (QED) is 0.779. The van der Waals surface area contributed by atoms with Gasteiger partial charge in [0.05, 0.1) is 11.9 Å². The second-order valence-electron chi connectivity index (χ2n) is 4.62. The zero-order chi connectivity index (χ0) is 11.4. The third-order valence-corrected chi connectivity index (χ3v) is 3.13. The highest BCUT2D eigenvalue weighted by Gasteiger charge is 2.15. The van der Waals surface area contributed by atoms with Crippen LogP contribution in [0.1, 0.15) is 44.1 Å². The number of nitrogen functional groups attached to an aromatic ring is 1. The Balaban J connectivity index is 2.01. The molecule has 0 aromatic carbocycles. The molecule has 1 aromatic heterocycles. The second kappa shape index (κ2) is 5.19. The van der Waals surface area contributed by atoms with Gasteiger partial charge in [-0.05, 0) is 38.7 Å². The number of aromatic nitrogens is 1. The van der Waals surface area contributed by atoms with Crippen LogP contribution in [0.3, 0.4) is 0 Å². The van der Waals surface area contributed by atoms with Gasteiger partial charge < -0.3 is 10.5 Å². The summed E-state index contributed by atoms with van der Waals surface area (Å²) >= 11 is 0. The van der Waals surface area contributed by atoms with Crippen LogP contribution < -0.4 is 10.5 Å². The zero-order valence-electron chi connectivity index (χ0n) is 9.91. The fourth-order valence-electron chi connectivity index (χ4n) is 2.22. The molecule has 16 heavy (non-hydrogen) atoms. The van der Waals surface area contributed by atoms with E-state index in [0.29, 0.717) is 11.8 Å². The van der Waals surface area contributed by atoms with Crippen molar-refractivity contribution >= 4 is 5.69 Å². The molecule has 0 radical (unpaired) electrons. The van der Waals surface area contributed by atoms with Gasteiger partial charge in [-0.2, -0.15) is 0 Å². The molecule has 2 N–H and O–H groups in total. The Bertz CT molecular complexity index is 344. The van der Waals surface area contributed by atoms with E-state index in [1.165, 1.54) is 25.7 Å². The minimum Gasteiger partial charge on any atom is -0.474 e. The van der Waals surface area contributed by atoms with Crippen molar-refractivity contribution in [1.82, 2.24) is 4.98 Å². The minimum absolute atomic E-state index is 0.345. The molecule has 0 saturated heterocycles. The van der Waals surface area contributed by atoms with E-state index in [4.69, 9.17) is 10.5 Å². The summed E-state index contributed by atoms with van der Waals surface area (Å²) in [4.78, 5) is 4.26. The summed E-state index contributed by atoms with van der Waals surface area (Å²) in [6, 6.07) is 1.92. The van der Waals surface area contributed by atoms with Crippen molar-refractivity contribution in [2.45, 2.75) is 51.6 Å². The van der Waals surface area contributed by atoms with E-state index in [1.54, 1.807) is 6.20 Å². The average Bonchev–Trinajstić information content (AvgIpc) is 2.51. The first-order valence-electron chi connectivity index (χ1n) is 6.14. The molecule has 1 saturated carbocycles. The van der Waals surface area contributed by atoms with Crippen LogP contribution >= 0.6 is 0 Å². The first-order chi connectivity index (χ1) is 7.75. The first kappa shape index (κ1) is 11.2. The van der Waals surface area contributed by atoms with E-state index in [2.05, 4.69) is 4.98 Å². The van der Waals surface area contributed by atoms with Crippen molar-refractivity contribution in [3.05, 3.63) is 17.8 Å². The number of anilines is 1. The Labute approximate surface area is 97.0 Å². The van der Waals surface area contributed by atoms with E-state index in [0.717, 1.165) is 24.3 Å². The molecule has 1 heterocycles. The van der Waals surface area contributed by atoms with Crippen molar-refractivity contribution in [2.75, 3.05) is 5.73 Å². The van der Waals surface area contributed by atoms with Gasteiger partial charge in [-0.1, -0.05) is 12.8 Å². The van der Waals surface area contributed by atoms with Crippen LogP contribution in [0, 0.1) is 6.92 Å². The molecule has 1 fully saturated rings. The normalized spacial score (nSPS) is 18.1. The Morgan fingerprint density at radius 1 is 1.25 bits per heavy atom. The van der Waals surface area contributed by atoms with Crippen molar-refractivity contribution < 1.29 is 4.74 Å². The van der Waals surface area contributed by atoms with Gasteiger partial charge in [0.2, 0.25) is 5.88 Å². The highest BCUT2D eigenvalue weighted by molar-refractivity contribution is 5.41. The van der Waals surface area contributed by atoms with E-state index in [1.807, 2.05) is 13.0 Å². The topological polar surface area (TPSA) is 48.1 Å². The molecule has 0 amide bonds. The fraction of sp³-hybridized carbons (Fsp3) is 0.615. The molecule has 0 unspecified atom stereocenters. The summed E-state index contributed by atoms with van der Waals surface area (Å²) in [5.41, 5.74) is 7.40. The Hall–Kier alpha value is -1.25. The van der Waals surface area contributed by atoms with Crippen molar-refractivity contribution in [3.63, 3.8) is 0 Å². The number of ether oxygens (including phenoxy) is 1. The van der Waals surface area contributed by atoms with Gasteiger partial charge in [0, 0.05) is 5.56 Å². The predicted molar refractivity (Wildman–Crippen MR) is 65.5 cm³/mol. The van der Waals surface area contributed by atoms with Crippen LogP contribution in [0.5, 0.6) is 5.88 Å². The van der Waals surface area contributed by atoms with Gasteiger partial charge in [-0.15, -0.1) is 0 Å². The number of nitrogens with zero attached hydrogens (tertiary/aromatic N) is 1. The zero-order valence-corrected chi connectivity index (χ0v) is 9.91. The van der Waals surface area contributed by atoms with E-state index in [-0.39, 0.29) is 0 Å². The van der Waals surface area contributed by atoms with E-state index >= 15 is 0 Å². The van der Waals surface area contributed by atoms with Crippen LogP contribution in [0.15, 0.2) is 12.3 Å². The van der Waals surface area contributed by atoms with Crippen molar-refractivity contribution in [1.29, 1.82) is 0 Å². The standard InChI is InChI=1S/C13H20N2O/c1-10-8-11(14)9-15-13(10)16-12-6-4-2-3-5-7-12/h8-9,12H,2-7,14H2,1H3.